The fourth-order valence-electron chi connectivity index (χ4n) is 2.81. The maximum Gasteiger partial charge on any atom is 0.336 e. The summed E-state index contributed by atoms with van der Waals surface area (Å²) in [5.41, 5.74) is 1.02. The molecule has 0 N–H and O–H groups in total. The molecule has 0 amide bonds. The lowest BCUT2D eigenvalue weighted by atomic mass is 9.95. The summed E-state index contributed by atoms with van der Waals surface area (Å²) >= 11 is 5.89. The van der Waals surface area contributed by atoms with Gasteiger partial charge in [0.1, 0.15) is 17.4 Å². The lowest BCUT2D eigenvalue weighted by Crippen LogP contribution is -2.21. The summed E-state index contributed by atoms with van der Waals surface area (Å²) in [4.78, 5) is 24.1. The second-order valence-corrected chi connectivity index (χ2v) is 5.83. The van der Waals surface area contributed by atoms with Crippen LogP contribution in [0.5, 0.6) is 5.75 Å². The Labute approximate surface area is 136 Å². The number of halogens is 1. The number of Topliss-reactive ketones (excluding diaryl/α,β-unsaturated/α-hetero) is 1. The summed E-state index contributed by atoms with van der Waals surface area (Å²) in [6.45, 7) is 0. The molecular formula is C18H11ClO4. The van der Waals surface area contributed by atoms with Crippen LogP contribution in [0.3, 0.4) is 0 Å². The zero-order chi connectivity index (χ0) is 16.0. The Kier molecular flexibility index (Phi) is 3.20. The van der Waals surface area contributed by atoms with Gasteiger partial charge in [0.25, 0.3) is 0 Å². The van der Waals surface area contributed by atoms with Crippen LogP contribution in [0.25, 0.3) is 11.0 Å². The molecule has 4 rings (SSSR count). The van der Waals surface area contributed by atoms with Gasteiger partial charge in [-0.05, 0) is 35.9 Å². The van der Waals surface area contributed by atoms with Crippen molar-refractivity contribution in [2.75, 3.05) is 0 Å². The van der Waals surface area contributed by atoms with Gasteiger partial charge in [-0.1, -0.05) is 23.7 Å². The van der Waals surface area contributed by atoms with Gasteiger partial charge in [-0.15, -0.1) is 0 Å². The van der Waals surface area contributed by atoms with Crippen LogP contribution in [0.2, 0.25) is 5.02 Å². The highest BCUT2D eigenvalue weighted by Gasteiger charge is 2.30. The van der Waals surface area contributed by atoms with Gasteiger partial charge in [-0.25, -0.2) is 4.79 Å². The van der Waals surface area contributed by atoms with Gasteiger partial charge in [0.05, 0.1) is 6.42 Å². The highest BCUT2D eigenvalue weighted by atomic mass is 35.5. The molecule has 2 aromatic carbocycles. The number of ketones is 1. The minimum Gasteiger partial charge on any atom is -0.484 e. The molecular weight excluding hydrogens is 316 g/mol. The number of hydrogen-bond acceptors (Lipinski definition) is 4. The van der Waals surface area contributed by atoms with Crippen LogP contribution >= 0.6 is 11.6 Å². The molecule has 0 radical (unpaired) electrons. The maximum absolute atomic E-state index is 12.6. The Morgan fingerprint density at radius 2 is 1.70 bits per heavy atom. The van der Waals surface area contributed by atoms with E-state index in [0.29, 0.717) is 21.7 Å². The Morgan fingerprint density at radius 1 is 0.957 bits per heavy atom. The monoisotopic (exact) mass is 326 g/mol. The average molecular weight is 327 g/mol. The second kappa shape index (κ2) is 5.25. The largest absolute Gasteiger partial charge is 0.484 e. The van der Waals surface area contributed by atoms with E-state index in [4.69, 9.17) is 20.8 Å². The highest BCUT2D eigenvalue weighted by Crippen LogP contribution is 2.38. The number of fused-ring (bicyclic) bond motifs is 3. The highest BCUT2D eigenvalue weighted by molar-refractivity contribution is 6.30. The average Bonchev–Trinajstić information content (AvgIpc) is 2.54. The molecule has 1 aliphatic heterocycles. The van der Waals surface area contributed by atoms with Gasteiger partial charge < -0.3 is 9.15 Å². The molecule has 0 saturated heterocycles. The van der Waals surface area contributed by atoms with Crippen LogP contribution in [-0.2, 0) is 0 Å². The van der Waals surface area contributed by atoms with Crippen molar-refractivity contribution in [3.8, 4) is 5.75 Å². The number of benzene rings is 2. The number of hydrogen-bond donors (Lipinski definition) is 0. The minimum absolute atomic E-state index is 0.105. The van der Waals surface area contributed by atoms with E-state index < -0.39 is 5.63 Å². The van der Waals surface area contributed by atoms with Gasteiger partial charge in [0, 0.05) is 16.5 Å². The van der Waals surface area contributed by atoms with E-state index in [-0.39, 0.29) is 23.9 Å². The van der Waals surface area contributed by atoms with Gasteiger partial charge in [-0.2, -0.15) is 0 Å². The molecule has 0 saturated carbocycles. The van der Waals surface area contributed by atoms with Crippen LogP contribution in [0.15, 0.2) is 57.7 Å². The van der Waals surface area contributed by atoms with Crippen LogP contribution in [0.1, 0.15) is 28.4 Å². The van der Waals surface area contributed by atoms with E-state index in [1.165, 1.54) is 6.07 Å². The molecule has 2 heterocycles. The predicted octanol–water partition coefficient (Wildman–Crippen LogP) is 4.15. The van der Waals surface area contributed by atoms with Crippen LogP contribution < -0.4 is 10.4 Å². The van der Waals surface area contributed by atoms with E-state index in [9.17, 15) is 9.59 Å². The fourth-order valence-corrected chi connectivity index (χ4v) is 2.93. The summed E-state index contributed by atoms with van der Waals surface area (Å²) in [5.74, 6) is 0.328. The minimum atomic E-state index is -0.487. The summed E-state index contributed by atoms with van der Waals surface area (Å²) in [5, 5.41) is 1.33. The predicted molar refractivity (Wildman–Crippen MR) is 86.3 cm³/mol. The van der Waals surface area contributed by atoms with Crippen molar-refractivity contribution < 1.29 is 13.9 Å². The van der Waals surface area contributed by atoms with Crippen molar-refractivity contribution in [1.82, 2.24) is 0 Å². The molecule has 1 aromatic heterocycles. The van der Waals surface area contributed by atoms with Crippen LogP contribution in [0.4, 0.5) is 0 Å². The molecule has 23 heavy (non-hydrogen) atoms. The van der Waals surface area contributed by atoms with Gasteiger partial charge in [0.15, 0.2) is 11.4 Å². The zero-order valence-electron chi connectivity index (χ0n) is 11.9. The quantitative estimate of drug-likeness (QED) is 0.630. The number of carbonyl (C=O) groups is 1. The van der Waals surface area contributed by atoms with E-state index in [1.807, 2.05) is 12.1 Å². The Hall–Kier alpha value is -2.59. The Balaban J connectivity index is 1.82. The zero-order valence-corrected chi connectivity index (χ0v) is 12.7. The third-order valence-corrected chi connectivity index (χ3v) is 4.16. The molecule has 4 nitrogen and oxygen atoms in total. The summed E-state index contributed by atoms with van der Waals surface area (Å²) in [7, 11) is 0. The van der Waals surface area contributed by atoms with Crippen LogP contribution in [0, 0.1) is 0 Å². The normalized spacial score (nSPS) is 16.9. The number of ether oxygens (including phenoxy) is 1. The smallest absolute Gasteiger partial charge is 0.336 e. The molecule has 0 fully saturated rings. The lowest BCUT2D eigenvalue weighted by Gasteiger charge is -2.25. The molecule has 114 valence electrons. The standard InChI is InChI=1S/C18H11ClO4/c19-12-5-1-10(2-6-12)15-9-13(20)17-14(22-15)7-3-11-4-8-16(21)23-18(11)17/h1-8,15H,9H2. The molecule has 0 aliphatic carbocycles. The third-order valence-electron chi connectivity index (χ3n) is 3.91. The van der Waals surface area contributed by atoms with Crippen molar-refractivity contribution in [3.63, 3.8) is 0 Å². The molecule has 1 unspecified atom stereocenters. The number of rotatable bonds is 1. The summed E-state index contributed by atoms with van der Waals surface area (Å²) < 4.78 is 11.2. The number of carbonyl (C=O) groups excluding carboxylic acids is 1. The molecule has 3 aromatic rings. The lowest BCUT2D eigenvalue weighted by molar-refractivity contribution is 0.0851. The molecule has 1 atom stereocenters. The molecule has 1 aliphatic rings. The first-order chi connectivity index (χ1) is 11.1. The fraction of sp³-hybridized carbons (Fsp3) is 0.111. The molecule has 5 heteroatoms. The second-order valence-electron chi connectivity index (χ2n) is 5.40. The van der Waals surface area contributed by atoms with Crippen molar-refractivity contribution in [1.29, 1.82) is 0 Å². The van der Waals surface area contributed by atoms with E-state index in [1.54, 1.807) is 30.3 Å². The van der Waals surface area contributed by atoms with Gasteiger partial charge in [-0.3, -0.25) is 4.79 Å². The van der Waals surface area contributed by atoms with Crippen molar-refractivity contribution >= 4 is 28.4 Å². The van der Waals surface area contributed by atoms with Crippen LogP contribution in [-0.4, -0.2) is 5.78 Å². The van der Waals surface area contributed by atoms with E-state index in [2.05, 4.69) is 0 Å². The third kappa shape index (κ3) is 2.41. The van der Waals surface area contributed by atoms with Crippen molar-refractivity contribution in [3.05, 3.63) is 75.1 Å². The molecule has 0 bridgehead atoms. The SMILES string of the molecule is O=C1CC(c2ccc(Cl)cc2)Oc2ccc3ccc(=O)oc3c21. The topological polar surface area (TPSA) is 56.5 Å². The summed E-state index contributed by atoms with van der Waals surface area (Å²) in [6, 6.07) is 13.7. The Morgan fingerprint density at radius 3 is 2.48 bits per heavy atom. The summed E-state index contributed by atoms with van der Waals surface area (Å²) in [6.07, 6.45) is -0.188. The first-order valence-electron chi connectivity index (χ1n) is 7.14. The van der Waals surface area contributed by atoms with Crippen molar-refractivity contribution in [2.24, 2.45) is 0 Å². The first-order valence-corrected chi connectivity index (χ1v) is 7.52. The maximum atomic E-state index is 12.6. The van der Waals surface area contributed by atoms with Gasteiger partial charge >= 0.3 is 5.63 Å². The van der Waals surface area contributed by atoms with Crippen molar-refractivity contribution in [2.45, 2.75) is 12.5 Å². The Bertz CT molecular complexity index is 972. The molecule has 0 spiro atoms. The van der Waals surface area contributed by atoms with E-state index in [0.717, 1.165) is 5.56 Å². The van der Waals surface area contributed by atoms with E-state index >= 15 is 0 Å². The first kappa shape index (κ1) is 14.0. The van der Waals surface area contributed by atoms with Gasteiger partial charge in [0.2, 0.25) is 0 Å².